The molecule has 11 nitrogen and oxygen atoms in total. The molecule has 0 atom stereocenters. The molecule has 0 spiro atoms. The van der Waals surface area contributed by atoms with Gasteiger partial charge in [0.2, 0.25) is 5.95 Å². The first-order chi connectivity index (χ1) is 17.7. The van der Waals surface area contributed by atoms with Crippen LogP contribution >= 0.6 is 11.6 Å². The molecule has 0 saturated heterocycles. The van der Waals surface area contributed by atoms with E-state index in [0.29, 0.717) is 10.6 Å². The zero-order valence-electron chi connectivity index (χ0n) is 20.3. The fourth-order valence-corrected chi connectivity index (χ4v) is 3.43. The van der Waals surface area contributed by atoms with Crippen molar-refractivity contribution in [2.45, 2.75) is 33.0 Å². The lowest BCUT2D eigenvalue weighted by atomic mass is 10.2. The highest BCUT2D eigenvalue weighted by Crippen LogP contribution is 2.24. The van der Waals surface area contributed by atoms with Gasteiger partial charge in [-0.15, -0.1) is 0 Å². The molecule has 2 aromatic carbocycles. The third-order valence-electron chi connectivity index (χ3n) is 4.97. The van der Waals surface area contributed by atoms with E-state index in [-0.39, 0.29) is 56.3 Å². The molecule has 0 aliphatic rings. The minimum Gasteiger partial charge on any atom is -0.488 e. The average molecular weight is 535 g/mol. The van der Waals surface area contributed by atoms with Gasteiger partial charge in [0.1, 0.15) is 0 Å². The Balaban J connectivity index is 1.92. The maximum Gasteiger partial charge on any atom is 0.355 e. The number of nitrogens with one attached hydrogen (secondary N) is 3. The number of carbonyl (C=O) groups excluding carboxylic acids is 1. The summed E-state index contributed by atoms with van der Waals surface area (Å²) in [6.45, 7) is 3.24. The SMILES string of the molecule is CC(C)Oc1ccc(Nc2nc(=O)n(CCNC(=O)NCCO)c(=O)n2Cc2ccc(Cl)cc2)cc1F. The molecule has 0 aliphatic carbocycles. The summed E-state index contributed by atoms with van der Waals surface area (Å²) in [5.74, 6) is -0.644. The predicted molar refractivity (Wildman–Crippen MR) is 137 cm³/mol. The molecule has 0 fully saturated rings. The van der Waals surface area contributed by atoms with Crippen LogP contribution in [0.3, 0.4) is 0 Å². The van der Waals surface area contributed by atoms with Gasteiger partial charge >= 0.3 is 17.4 Å². The van der Waals surface area contributed by atoms with E-state index in [1.807, 2.05) is 0 Å². The topological polar surface area (TPSA) is 140 Å². The molecule has 37 heavy (non-hydrogen) atoms. The summed E-state index contributed by atoms with van der Waals surface area (Å²) in [7, 11) is 0. The molecule has 1 heterocycles. The summed E-state index contributed by atoms with van der Waals surface area (Å²) in [5.41, 5.74) is -0.576. The van der Waals surface area contributed by atoms with Crippen LogP contribution < -0.4 is 32.1 Å². The van der Waals surface area contributed by atoms with Crippen molar-refractivity contribution in [1.29, 1.82) is 0 Å². The fourth-order valence-electron chi connectivity index (χ4n) is 3.30. The second-order valence-electron chi connectivity index (χ2n) is 8.21. The number of urea groups is 1. The van der Waals surface area contributed by atoms with Crippen LogP contribution in [0.2, 0.25) is 5.02 Å². The molecular formula is C24H28ClFN6O5. The van der Waals surface area contributed by atoms with E-state index in [1.165, 1.54) is 16.7 Å². The van der Waals surface area contributed by atoms with E-state index >= 15 is 0 Å². The molecule has 0 aliphatic heterocycles. The van der Waals surface area contributed by atoms with Crippen molar-refractivity contribution in [3.8, 4) is 5.75 Å². The van der Waals surface area contributed by atoms with E-state index in [2.05, 4.69) is 20.9 Å². The van der Waals surface area contributed by atoms with Crippen LogP contribution in [0.25, 0.3) is 0 Å². The minimum atomic E-state index is -0.849. The van der Waals surface area contributed by atoms with Gasteiger partial charge < -0.3 is 25.8 Å². The molecule has 198 valence electrons. The van der Waals surface area contributed by atoms with E-state index in [4.69, 9.17) is 21.4 Å². The van der Waals surface area contributed by atoms with Gasteiger partial charge in [-0.1, -0.05) is 23.7 Å². The molecule has 2 amide bonds. The Hall–Kier alpha value is -3.90. The van der Waals surface area contributed by atoms with Gasteiger partial charge in [0.05, 0.1) is 19.3 Å². The first-order valence-corrected chi connectivity index (χ1v) is 11.9. The van der Waals surface area contributed by atoms with Crippen LogP contribution in [0.5, 0.6) is 5.75 Å². The Morgan fingerprint density at radius 3 is 2.46 bits per heavy atom. The van der Waals surface area contributed by atoms with E-state index in [1.54, 1.807) is 44.2 Å². The van der Waals surface area contributed by atoms with Crippen LogP contribution in [-0.4, -0.2) is 51.1 Å². The summed E-state index contributed by atoms with van der Waals surface area (Å²) in [4.78, 5) is 41.7. The number of rotatable bonds is 11. The molecule has 3 aromatic rings. The molecular weight excluding hydrogens is 507 g/mol. The van der Waals surface area contributed by atoms with Crippen molar-refractivity contribution in [1.82, 2.24) is 24.8 Å². The number of anilines is 2. The summed E-state index contributed by atoms with van der Waals surface area (Å²) in [6.07, 6.45) is -0.220. The third kappa shape index (κ3) is 7.79. The van der Waals surface area contributed by atoms with Crippen LogP contribution in [-0.2, 0) is 13.1 Å². The lowest BCUT2D eigenvalue weighted by Gasteiger charge is -2.17. The molecule has 4 N–H and O–H groups in total. The number of amides is 2. The smallest absolute Gasteiger partial charge is 0.355 e. The number of benzene rings is 2. The minimum absolute atomic E-state index is 0.0348. The Labute approximate surface area is 216 Å². The van der Waals surface area contributed by atoms with Gasteiger partial charge in [-0.25, -0.2) is 23.3 Å². The number of aliphatic hydroxyl groups excluding tert-OH is 1. The van der Waals surface area contributed by atoms with Gasteiger partial charge in [-0.2, -0.15) is 4.98 Å². The van der Waals surface area contributed by atoms with Crippen molar-refractivity contribution in [3.63, 3.8) is 0 Å². The second-order valence-corrected chi connectivity index (χ2v) is 8.64. The van der Waals surface area contributed by atoms with Gasteiger partial charge in [0, 0.05) is 36.4 Å². The maximum atomic E-state index is 14.5. The van der Waals surface area contributed by atoms with Gasteiger partial charge in [0.25, 0.3) is 0 Å². The number of nitrogens with zero attached hydrogens (tertiary/aromatic N) is 3. The fraction of sp³-hybridized carbons (Fsp3) is 0.333. The van der Waals surface area contributed by atoms with E-state index in [9.17, 15) is 18.8 Å². The second kappa shape index (κ2) is 12.9. The lowest BCUT2D eigenvalue weighted by Crippen LogP contribution is -2.46. The van der Waals surface area contributed by atoms with Crippen LogP contribution in [0.1, 0.15) is 19.4 Å². The summed E-state index contributed by atoms with van der Waals surface area (Å²) in [6, 6.07) is 10.4. The number of halogens is 2. The average Bonchev–Trinajstić information content (AvgIpc) is 2.85. The normalized spacial score (nSPS) is 10.9. The highest BCUT2D eigenvalue weighted by Gasteiger charge is 2.16. The predicted octanol–water partition coefficient (Wildman–Crippen LogP) is 2.07. The first-order valence-electron chi connectivity index (χ1n) is 11.5. The molecule has 13 heteroatoms. The van der Waals surface area contributed by atoms with Crippen molar-refractivity contribution in [2.75, 3.05) is 25.0 Å². The molecule has 0 radical (unpaired) electrons. The van der Waals surface area contributed by atoms with Crippen molar-refractivity contribution in [3.05, 3.63) is 79.8 Å². The Bertz CT molecular complexity index is 1340. The standard InChI is InChI=1S/C24H28ClFN6O5/c1-15(2)37-20-8-7-18(13-19(20)26)29-21-30-23(35)31(11-9-27-22(34)28-10-12-33)24(36)32(21)14-16-3-5-17(25)6-4-16/h3-8,13,15,33H,9-12,14H2,1-2H3,(H2,27,28,34)(H,29,30,35). The number of carbonyl (C=O) groups is 1. The van der Waals surface area contributed by atoms with Crippen molar-refractivity contribution in [2.24, 2.45) is 0 Å². The molecule has 0 saturated carbocycles. The Kier molecular flexibility index (Phi) is 9.64. The van der Waals surface area contributed by atoms with Gasteiger partial charge in [-0.05, 0) is 43.7 Å². The number of hydrogen-bond acceptors (Lipinski definition) is 7. The maximum absolute atomic E-state index is 14.5. The third-order valence-corrected chi connectivity index (χ3v) is 5.22. The van der Waals surface area contributed by atoms with Crippen molar-refractivity contribution >= 4 is 29.3 Å². The quantitative estimate of drug-likeness (QED) is 0.295. The van der Waals surface area contributed by atoms with Crippen LogP contribution in [0.15, 0.2) is 52.1 Å². The first kappa shape index (κ1) is 27.7. The van der Waals surface area contributed by atoms with E-state index in [0.717, 1.165) is 4.57 Å². The summed E-state index contributed by atoms with van der Waals surface area (Å²) in [5, 5.41) is 17.0. The highest BCUT2D eigenvalue weighted by atomic mass is 35.5. The summed E-state index contributed by atoms with van der Waals surface area (Å²) < 4.78 is 22.0. The van der Waals surface area contributed by atoms with Gasteiger partial charge in [0.15, 0.2) is 11.6 Å². The molecule has 0 bridgehead atoms. The molecule has 3 rings (SSSR count). The Morgan fingerprint density at radius 1 is 1.11 bits per heavy atom. The van der Waals surface area contributed by atoms with Gasteiger partial charge in [-0.3, -0.25) is 4.57 Å². The number of aliphatic hydroxyl groups is 1. The van der Waals surface area contributed by atoms with Crippen LogP contribution in [0.4, 0.5) is 20.8 Å². The number of aromatic nitrogens is 3. The summed E-state index contributed by atoms with van der Waals surface area (Å²) >= 11 is 5.97. The highest BCUT2D eigenvalue weighted by molar-refractivity contribution is 6.30. The lowest BCUT2D eigenvalue weighted by molar-refractivity contribution is 0.231. The number of ether oxygens (including phenoxy) is 1. The van der Waals surface area contributed by atoms with Crippen LogP contribution in [0, 0.1) is 5.82 Å². The zero-order chi connectivity index (χ0) is 26.9. The number of hydrogen-bond donors (Lipinski definition) is 4. The Morgan fingerprint density at radius 2 is 1.81 bits per heavy atom. The molecule has 1 aromatic heterocycles. The van der Waals surface area contributed by atoms with E-state index < -0.39 is 23.2 Å². The monoisotopic (exact) mass is 534 g/mol. The zero-order valence-corrected chi connectivity index (χ0v) is 21.1. The van der Waals surface area contributed by atoms with Crippen molar-refractivity contribution < 1.29 is 19.0 Å². The molecule has 0 unspecified atom stereocenters. The largest absolute Gasteiger partial charge is 0.488 e.